The molecular weight excluding hydrogens is 397 g/mol. The summed E-state index contributed by atoms with van der Waals surface area (Å²) in [6.45, 7) is 2.55. The minimum absolute atomic E-state index is 0.142. The van der Waals surface area contributed by atoms with Crippen LogP contribution in [0.5, 0.6) is 17.4 Å². The highest BCUT2D eigenvalue weighted by molar-refractivity contribution is 5.94. The first-order valence-corrected chi connectivity index (χ1v) is 9.17. The molecular formula is C22H19F3N2O3. The molecule has 156 valence electrons. The number of carbonyl (C=O) groups excluding carboxylic acids is 1. The van der Waals surface area contributed by atoms with E-state index in [2.05, 4.69) is 10.3 Å². The van der Waals surface area contributed by atoms with E-state index in [1.807, 2.05) is 19.1 Å². The van der Waals surface area contributed by atoms with Gasteiger partial charge in [0.25, 0.3) is 5.91 Å². The molecule has 0 spiro atoms. The molecule has 0 fully saturated rings. The molecule has 0 aliphatic rings. The molecule has 2 aromatic carbocycles. The molecule has 0 radical (unpaired) electrons. The predicted molar refractivity (Wildman–Crippen MR) is 105 cm³/mol. The maximum atomic E-state index is 12.6. The highest BCUT2D eigenvalue weighted by Crippen LogP contribution is 2.30. The zero-order valence-electron chi connectivity index (χ0n) is 16.1. The van der Waals surface area contributed by atoms with Gasteiger partial charge in [-0.25, -0.2) is 4.98 Å². The van der Waals surface area contributed by atoms with Crippen molar-refractivity contribution in [3.63, 3.8) is 0 Å². The lowest BCUT2D eigenvalue weighted by Gasteiger charge is -2.11. The second kappa shape index (κ2) is 9.30. The Bertz CT molecular complexity index is 988. The van der Waals surface area contributed by atoms with Crippen LogP contribution in [0.25, 0.3) is 0 Å². The first kappa shape index (κ1) is 21.2. The van der Waals surface area contributed by atoms with Crippen molar-refractivity contribution in [2.45, 2.75) is 19.6 Å². The molecule has 0 saturated carbocycles. The average molecular weight is 416 g/mol. The van der Waals surface area contributed by atoms with Gasteiger partial charge in [0.05, 0.1) is 12.2 Å². The van der Waals surface area contributed by atoms with Crippen LogP contribution in [-0.2, 0) is 12.7 Å². The predicted octanol–water partition coefficient (Wildman–Crippen LogP) is 5.22. The first-order chi connectivity index (χ1) is 14.4. The third kappa shape index (κ3) is 5.50. The Morgan fingerprint density at radius 2 is 1.70 bits per heavy atom. The van der Waals surface area contributed by atoms with E-state index in [-0.39, 0.29) is 12.1 Å². The molecule has 1 amide bonds. The number of alkyl halides is 3. The number of aromatic nitrogens is 1. The van der Waals surface area contributed by atoms with Gasteiger partial charge < -0.3 is 14.8 Å². The van der Waals surface area contributed by atoms with Crippen molar-refractivity contribution >= 4 is 5.91 Å². The van der Waals surface area contributed by atoms with Crippen molar-refractivity contribution in [3.05, 3.63) is 83.6 Å². The molecule has 3 rings (SSSR count). The van der Waals surface area contributed by atoms with Gasteiger partial charge in [0.1, 0.15) is 0 Å². The molecule has 0 aliphatic carbocycles. The average Bonchev–Trinajstić information content (AvgIpc) is 2.74. The van der Waals surface area contributed by atoms with E-state index in [4.69, 9.17) is 9.47 Å². The second-order valence-corrected chi connectivity index (χ2v) is 6.24. The molecule has 5 nitrogen and oxygen atoms in total. The Balaban J connectivity index is 1.58. The molecule has 0 atom stereocenters. The molecule has 0 bridgehead atoms. The van der Waals surface area contributed by atoms with Gasteiger partial charge in [-0.2, -0.15) is 13.2 Å². The number of ether oxygens (including phenoxy) is 2. The van der Waals surface area contributed by atoms with Gasteiger partial charge in [-0.3, -0.25) is 4.79 Å². The number of halogens is 3. The summed E-state index contributed by atoms with van der Waals surface area (Å²) in [4.78, 5) is 16.3. The number of benzene rings is 2. The maximum Gasteiger partial charge on any atom is 0.416 e. The van der Waals surface area contributed by atoms with Crippen LogP contribution in [0.2, 0.25) is 0 Å². The fourth-order valence-electron chi connectivity index (χ4n) is 2.59. The largest absolute Gasteiger partial charge is 0.490 e. The number of para-hydroxylation sites is 2. The van der Waals surface area contributed by atoms with Crippen LogP contribution in [0.15, 0.2) is 66.9 Å². The summed E-state index contributed by atoms with van der Waals surface area (Å²) in [5, 5.41) is 2.65. The summed E-state index contributed by atoms with van der Waals surface area (Å²) < 4.78 is 49.0. The molecule has 0 saturated heterocycles. The van der Waals surface area contributed by atoms with Gasteiger partial charge in [0.15, 0.2) is 11.5 Å². The maximum absolute atomic E-state index is 12.6. The van der Waals surface area contributed by atoms with Gasteiger partial charge in [-0.05, 0) is 48.9 Å². The second-order valence-electron chi connectivity index (χ2n) is 6.24. The van der Waals surface area contributed by atoms with E-state index in [0.717, 1.165) is 24.3 Å². The van der Waals surface area contributed by atoms with E-state index >= 15 is 0 Å². The Kier molecular flexibility index (Phi) is 6.56. The van der Waals surface area contributed by atoms with Gasteiger partial charge in [-0.1, -0.05) is 18.2 Å². The lowest BCUT2D eigenvalue weighted by atomic mass is 10.1. The number of nitrogens with one attached hydrogen (secondary N) is 1. The Hall–Kier alpha value is -3.55. The Morgan fingerprint density at radius 3 is 2.30 bits per heavy atom. The van der Waals surface area contributed by atoms with Crippen molar-refractivity contribution < 1.29 is 27.4 Å². The molecule has 1 heterocycles. The van der Waals surface area contributed by atoms with Gasteiger partial charge >= 0.3 is 6.18 Å². The van der Waals surface area contributed by atoms with Gasteiger partial charge in [0.2, 0.25) is 5.88 Å². The van der Waals surface area contributed by atoms with Crippen LogP contribution >= 0.6 is 0 Å². The summed E-state index contributed by atoms with van der Waals surface area (Å²) >= 11 is 0. The van der Waals surface area contributed by atoms with Crippen molar-refractivity contribution in [1.29, 1.82) is 0 Å². The van der Waals surface area contributed by atoms with Crippen molar-refractivity contribution in [2.75, 3.05) is 6.61 Å². The fourth-order valence-corrected chi connectivity index (χ4v) is 2.59. The summed E-state index contributed by atoms with van der Waals surface area (Å²) in [7, 11) is 0. The third-order valence-electron chi connectivity index (χ3n) is 4.09. The van der Waals surface area contributed by atoms with Crippen LogP contribution in [0.1, 0.15) is 28.4 Å². The SMILES string of the molecule is CCOc1ccccc1Oc1ccc(CNC(=O)c2ccc(C(F)(F)F)cc2)cn1. The standard InChI is InChI=1S/C22H19F3N2O3/c1-2-29-18-5-3-4-6-19(18)30-20-12-7-15(13-26-20)14-27-21(28)16-8-10-17(11-9-16)22(23,24)25/h3-13H,2,14H2,1H3,(H,27,28). The van der Waals surface area contributed by atoms with E-state index in [1.54, 1.807) is 30.5 Å². The Labute approximate surface area is 171 Å². The summed E-state index contributed by atoms with van der Waals surface area (Å²) in [5.41, 5.74) is 0.0499. The summed E-state index contributed by atoms with van der Waals surface area (Å²) in [6, 6.07) is 14.7. The highest BCUT2D eigenvalue weighted by Gasteiger charge is 2.30. The van der Waals surface area contributed by atoms with Gasteiger partial charge in [-0.15, -0.1) is 0 Å². The van der Waals surface area contributed by atoms with Crippen LogP contribution in [0.3, 0.4) is 0 Å². The lowest BCUT2D eigenvalue weighted by molar-refractivity contribution is -0.137. The number of rotatable bonds is 7. The topological polar surface area (TPSA) is 60.5 Å². The number of pyridine rings is 1. The minimum atomic E-state index is -4.44. The Morgan fingerprint density at radius 1 is 1.00 bits per heavy atom. The van der Waals surface area contributed by atoms with Crippen molar-refractivity contribution in [3.8, 4) is 17.4 Å². The van der Waals surface area contributed by atoms with E-state index < -0.39 is 17.6 Å². The minimum Gasteiger partial charge on any atom is -0.490 e. The highest BCUT2D eigenvalue weighted by atomic mass is 19.4. The fraction of sp³-hybridized carbons (Fsp3) is 0.182. The van der Waals surface area contributed by atoms with Crippen molar-refractivity contribution in [1.82, 2.24) is 10.3 Å². The number of hydrogen-bond donors (Lipinski definition) is 1. The first-order valence-electron chi connectivity index (χ1n) is 9.17. The van der Waals surface area contributed by atoms with Crippen LogP contribution in [-0.4, -0.2) is 17.5 Å². The number of amides is 1. The molecule has 3 aromatic rings. The third-order valence-corrected chi connectivity index (χ3v) is 4.09. The lowest BCUT2D eigenvalue weighted by Crippen LogP contribution is -2.23. The molecule has 30 heavy (non-hydrogen) atoms. The quantitative estimate of drug-likeness (QED) is 0.574. The smallest absolute Gasteiger partial charge is 0.416 e. The molecule has 8 heteroatoms. The van der Waals surface area contributed by atoms with Gasteiger partial charge in [0, 0.05) is 24.4 Å². The van der Waals surface area contributed by atoms with Crippen molar-refractivity contribution in [2.24, 2.45) is 0 Å². The molecule has 1 N–H and O–H groups in total. The zero-order chi connectivity index (χ0) is 21.6. The molecule has 1 aromatic heterocycles. The van der Waals surface area contributed by atoms with E-state index in [9.17, 15) is 18.0 Å². The number of nitrogens with zero attached hydrogens (tertiary/aromatic N) is 1. The van der Waals surface area contributed by atoms with Crippen LogP contribution < -0.4 is 14.8 Å². The normalized spacial score (nSPS) is 11.1. The van der Waals surface area contributed by atoms with E-state index in [1.165, 1.54) is 0 Å². The molecule has 0 unspecified atom stereocenters. The van der Waals surface area contributed by atoms with E-state index in [0.29, 0.717) is 29.5 Å². The number of hydrogen-bond acceptors (Lipinski definition) is 4. The summed E-state index contributed by atoms with van der Waals surface area (Å²) in [5.74, 6) is 1.03. The van der Waals surface area contributed by atoms with Crippen LogP contribution in [0, 0.1) is 0 Å². The summed E-state index contributed by atoms with van der Waals surface area (Å²) in [6.07, 6.45) is -2.89. The zero-order valence-corrected chi connectivity index (χ0v) is 16.1. The monoisotopic (exact) mass is 416 g/mol. The van der Waals surface area contributed by atoms with Crippen LogP contribution in [0.4, 0.5) is 13.2 Å². The number of carbonyl (C=O) groups is 1. The molecule has 0 aliphatic heterocycles.